The predicted molar refractivity (Wildman–Crippen MR) is 52.6 cm³/mol. The van der Waals surface area contributed by atoms with Crippen molar-refractivity contribution in [1.82, 2.24) is 10.6 Å². The van der Waals surface area contributed by atoms with Crippen LogP contribution in [0.5, 0.6) is 0 Å². The molecule has 0 aromatic rings. The van der Waals surface area contributed by atoms with Crippen LogP contribution in [0.4, 0.5) is 0 Å². The first-order chi connectivity index (χ1) is 6.70. The number of hydrogen-bond acceptors (Lipinski definition) is 3. The Balaban J connectivity index is 3.58. The van der Waals surface area contributed by atoms with Crippen molar-refractivity contribution in [1.29, 1.82) is 0 Å². The van der Waals surface area contributed by atoms with Crippen LogP contribution in [0.3, 0.4) is 0 Å². The SMILES string of the molecule is CCCOCCN/C(=N/[N+](=O)[O-])NC. The molecule has 0 unspecified atom stereocenters. The van der Waals surface area contributed by atoms with Gasteiger partial charge in [-0.25, -0.2) is 10.1 Å². The van der Waals surface area contributed by atoms with Crippen LogP contribution in [0, 0.1) is 10.1 Å². The summed E-state index contributed by atoms with van der Waals surface area (Å²) in [5.41, 5.74) is 0. The first-order valence-electron chi connectivity index (χ1n) is 4.43. The summed E-state index contributed by atoms with van der Waals surface area (Å²) >= 11 is 0. The van der Waals surface area contributed by atoms with Crippen LogP contribution >= 0.6 is 0 Å². The fraction of sp³-hybridized carbons (Fsp3) is 0.857. The Morgan fingerprint density at radius 3 is 2.79 bits per heavy atom. The molecule has 0 aromatic heterocycles. The van der Waals surface area contributed by atoms with Gasteiger partial charge in [-0.3, -0.25) is 0 Å². The van der Waals surface area contributed by atoms with Crippen LogP contribution in [-0.2, 0) is 4.74 Å². The molecule has 0 bridgehead atoms. The highest BCUT2D eigenvalue weighted by molar-refractivity contribution is 5.78. The highest BCUT2D eigenvalue weighted by Crippen LogP contribution is 1.78. The summed E-state index contributed by atoms with van der Waals surface area (Å²) in [5, 5.41) is 17.6. The van der Waals surface area contributed by atoms with Crippen molar-refractivity contribution in [3.63, 3.8) is 0 Å². The van der Waals surface area contributed by atoms with E-state index in [1.165, 1.54) is 0 Å². The lowest BCUT2D eigenvalue weighted by molar-refractivity contribution is -0.485. The number of rotatable bonds is 6. The van der Waals surface area contributed by atoms with E-state index in [0.29, 0.717) is 19.8 Å². The van der Waals surface area contributed by atoms with Crippen molar-refractivity contribution in [2.45, 2.75) is 13.3 Å². The van der Waals surface area contributed by atoms with Gasteiger partial charge in [0.1, 0.15) is 5.10 Å². The summed E-state index contributed by atoms with van der Waals surface area (Å²) in [5.74, 6) is 0.134. The molecule has 2 N–H and O–H groups in total. The minimum Gasteiger partial charge on any atom is -0.380 e. The maximum absolute atomic E-state index is 10.0. The molecule has 0 aliphatic carbocycles. The molecule has 82 valence electrons. The first-order valence-corrected chi connectivity index (χ1v) is 4.43. The number of nitrogens with zero attached hydrogens (tertiary/aromatic N) is 2. The smallest absolute Gasteiger partial charge is 0.268 e. The molecule has 0 atom stereocenters. The van der Waals surface area contributed by atoms with Crippen LogP contribution < -0.4 is 10.6 Å². The van der Waals surface area contributed by atoms with Crippen molar-refractivity contribution in [3.8, 4) is 0 Å². The zero-order valence-electron chi connectivity index (χ0n) is 8.45. The van der Waals surface area contributed by atoms with Crippen molar-refractivity contribution in [3.05, 3.63) is 10.1 Å². The number of ether oxygens (including phenoxy) is 1. The van der Waals surface area contributed by atoms with Gasteiger partial charge < -0.3 is 15.4 Å². The molecule has 0 rings (SSSR count). The molecular weight excluding hydrogens is 188 g/mol. The number of hydrazone groups is 1. The molecule has 0 fully saturated rings. The lowest BCUT2D eigenvalue weighted by atomic mass is 10.5. The molecule has 0 saturated carbocycles. The Hall–Kier alpha value is -1.37. The minimum atomic E-state index is -0.758. The molecule has 0 aliphatic heterocycles. The Bertz CT molecular complexity index is 195. The molecule has 0 aliphatic rings. The van der Waals surface area contributed by atoms with E-state index in [-0.39, 0.29) is 5.96 Å². The van der Waals surface area contributed by atoms with Crippen LogP contribution in [0.15, 0.2) is 5.10 Å². The van der Waals surface area contributed by atoms with Gasteiger partial charge in [-0.15, -0.1) is 0 Å². The van der Waals surface area contributed by atoms with E-state index in [1.807, 2.05) is 6.92 Å². The molecule has 0 amide bonds. The summed E-state index contributed by atoms with van der Waals surface area (Å²) < 4.78 is 5.17. The Morgan fingerprint density at radius 1 is 1.57 bits per heavy atom. The van der Waals surface area contributed by atoms with Gasteiger partial charge in [0.05, 0.1) is 6.61 Å². The molecule has 7 nitrogen and oxygen atoms in total. The number of nitrogens with one attached hydrogen (secondary N) is 2. The van der Waals surface area contributed by atoms with Gasteiger partial charge in [0.25, 0.3) is 5.96 Å². The summed E-state index contributed by atoms with van der Waals surface area (Å²) in [6, 6.07) is 0. The van der Waals surface area contributed by atoms with Crippen molar-refractivity contribution >= 4 is 5.96 Å². The molecule has 0 aromatic carbocycles. The van der Waals surface area contributed by atoms with Crippen LogP contribution in [0.2, 0.25) is 0 Å². The lowest BCUT2D eigenvalue weighted by Crippen LogP contribution is -2.37. The van der Waals surface area contributed by atoms with Gasteiger partial charge in [-0.05, 0) is 6.42 Å². The predicted octanol–water partition coefficient (Wildman–Crippen LogP) is -0.230. The van der Waals surface area contributed by atoms with E-state index in [4.69, 9.17) is 4.74 Å². The average molecular weight is 204 g/mol. The Morgan fingerprint density at radius 2 is 2.29 bits per heavy atom. The third-order valence-corrected chi connectivity index (χ3v) is 1.31. The Kier molecular flexibility index (Phi) is 7.43. The van der Waals surface area contributed by atoms with Gasteiger partial charge in [-0.2, -0.15) is 0 Å². The third kappa shape index (κ3) is 7.29. The van der Waals surface area contributed by atoms with E-state index < -0.39 is 5.03 Å². The van der Waals surface area contributed by atoms with Crippen molar-refractivity contribution in [2.75, 3.05) is 26.8 Å². The van der Waals surface area contributed by atoms with Gasteiger partial charge >= 0.3 is 0 Å². The molecule has 0 radical (unpaired) electrons. The summed E-state index contributed by atoms with van der Waals surface area (Å²) in [6.45, 7) is 3.71. The second-order valence-corrected chi connectivity index (χ2v) is 2.48. The maximum atomic E-state index is 10.0. The molecule has 0 heterocycles. The molecule has 7 heteroatoms. The zero-order chi connectivity index (χ0) is 10.8. The van der Waals surface area contributed by atoms with Crippen LogP contribution in [0.25, 0.3) is 0 Å². The highest BCUT2D eigenvalue weighted by atomic mass is 16.7. The van der Waals surface area contributed by atoms with Gasteiger partial charge in [0.15, 0.2) is 5.03 Å². The standard InChI is InChI=1S/C7H16N4O3/c1-3-5-14-6-4-9-7(8-2)10-11(12)13/h3-6H2,1-2H3,(H2,8,9,10). The molecular formula is C7H16N4O3. The summed E-state index contributed by atoms with van der Waals surface area (Å²) in [4.78, 5) is 10.0. The average Bonchev–Trinajstić information content (AvgIpc) is 2.15. The van der Waals surface area contributed by atoms with Crippen molar-refractivity contribution < 1.29 is 9.77 Å². The van der Waals surface area contributed by atoms with Crippen LogP contribution in [0.1, 0.15) is 13.3 Å². The molecule has 0 saturated heterocycles. The normalized spacial score (nSPS) is 11.1. The molecule has 0 spiro atoms. The third-order valence-electron chi connectivity index (χ3n) is 1.31. The van der Waals surface area contributed by atoms with Gasteiger partial charge in [0.2, 0.25) is 0 Å². The monoisotopic (exact) mass is 204 g/mol. The molecule has 14 heavy (non-hydrogen) atoms. The quantitative estimate of drug-likeness (QED) is 0.205. The summed E-state index contributed by atoms with van der Waals surface area (Å²) in [7, 11) is 1.56. The van der Waals surface area contributed by atoms with E-state index >= 15 is 0 Å². The van der Waals surface area contributed by atoms with Crippen molar-refractivity contribution in [2.24, 2.45) is 5.10 Å². The van der Waals surface area contributed by atoms with Crippen LogP contribution in [-0.4, -0.2) is 37.8 Å². The zero-order valence-corrected chi connectivity index (χ0v) is 8.45. The largest absolute Gasteiger partial charge is 0.380 e. The van der Waals surface area contributed by atoms with Gasteiger partial charge in [-0.1, -0.05) is 6.92 Å². The highest BCUT2D eigenvalue weighted by Gasteiger charge is 2.00. The second-order valence-electron chi connectivity index (χ2n) is 2.48. The van der Waals surface area contributed by atoms with E-state index in [0.717, 1.165) is 6.42 Å². The fourth-order valence-electron chi connectivity index (χ4n) is 0.743. The van der Waals surface area contributed by atoms with E-state index in [9.17, 15) is 10.1 Å². The maximum Gasteiger partial charge on any atom is 0.268 e. The number of guanidine groups is 1. The minimum absolute atomic E-state index is 0.134. The lowest BCUT2D eigenvalue weighted by Gasteiger charge is -2.05. The van der Waals surface area contributed by atoms with E-state index in [2.05, 4.69) is 15.7 Å². The topological polar surface area (TPSA) is 88.8 Å². The van der Waals surface area contributed by atoms with E-state index in [1.54, 1.807) is 7.05 Å². The summed E-state index contributed by atoms with van der Waals surface area (Å²) in [6.07, 6.45) is 0.960. The number of hydrogen-bond donors (Lipinski definition) is 2. The fourth-order valence-corrected chi connectivity index (χ4v) is 0.743. The number of nitro groups is 1. The van der Waals surface area contributed by atoms with Gasteiger partial charge in [0, 0.05) is 20.2 Å². The first kappa shape index (κ1) is 12.6. The second kappa shape index (κ2) is 8.24. The Labute approximate surface area is 82.7 Å².